The van der Waals surface area contributed by atoms with Crippen LogP contribution in [0.4, 0.5) is 0 Å². The topological polar surface area (TPSA) is 79.1 Å². The van der Waals surface area contributed by atoms with Gasteiger partial charge in [-0.3, -0.25) is 4.79 Å². The molecule has 4 rings (SSSR count). The quantitative estimate of drug-likeness (QED) is 0.613. The van der Waals surface area contributed by atoms with Crippen molar-refractivity contribution in [2.24, 2.45) is 0 Å². The summed E-state index contributed by atoms with van der Waals surface area (Å²) < 4.78 is 13.0. The van der Waals surface area contributed by atoms with Crippen molar-refractivity contribution in [3.8, 4) is 11.5 Å². The summed E-state index contributed by atoms with van der Waals surface area (Å²) >= 11 is 1.37. The molecule has 0 unspecified atom stereocenters. The number of ether oxygens (including phenoxy) is 2. The molecule has 0 spiro atoms. The SMILES string of the molecule is O=C(CSc1nnnn1C1CC1)c1ccc2c(c1)OCCCO2. The molecule has 0 radical (unpaired) electrons. The van der Waals surface area contributed by atoms with Crippen molar-refractivity contribution < 1.29 is 14.3 Å². The molecule has 1 aromatic heterocycles. The fourth-order valence-corrected chi connectivity index (χ4v) is 3.22. The van der Waals surface area contributed by atoms with Crippen molar-refractivity contribution >= 4 is 17.5 Å². The van der Waals surface area contributed by atoms with Gasteiger partial charge in [-0.15, -0.1) is 5.10 Å². The molecule has 8 heteroatoms. The van der Waals surface area contributed by atoms with E-state index in [-0.39, 0.29) is 5.78 Å². The molecule has 1 saturated carbocycles. The van der Waals surface area contributed by atoms with Crippen LogP contribution in [0.25, 0.3) is 0 Å². The normalized spacial score (nSPS) is 16.9. The Kier molecular flexibility index (Phi) is 3.90. The van der Waals surface area contributed by atoms with E-state index in [0.717, 1.165) is 19.3 Å². The molecule has 1 fully saturated rings. The number of nitrogens with zero attached hydrogens (tertiary/aromatic N) is 4. The summed E-state index contributed by atoms with van der Waals surface area (Å²) in [6.07, 6.45) is 3.06. The number of Topliss-reactive ketones (excluding diaryl/α,β-unsaturated/α-hetero) is 1. The van der Waals surface area contributed by atoms with E-state index in [1.165, 1.54) is 11.8 Å². The van der Waals surface area contributed by atoms with Crippen LogP contribution in [0, 0.1) is 0 Å². The van der Waals surface area contributed by atoms with Gasteiger partial charge in [-0.2, -0.15) is 0 Å². The van der Waals surface area contributed by atoms with E-state index in [1.54, 1.807) is 18.2 Å². The average molecular weight is 332 g/mol. The first-order chi connectivity index (χ1) is 11.3. The van der Waals surface area contributed by atoms with E-state index in [2.05, 4.69) is 15.5 Å². The largest absolute Gasteiger partial charge is 0.490 e. The fourth-order valence-electron chi connectivity index (χ4n) is 2.38. The molecule has 0 atom stereocenters. The summed E-state index contributed by atoms with van der Waals surface area (Å²) in [6, 6.07) is 5.74. The van der Waals surface area contributed by atoms with Crippen LogP contribution < -0.4 is 9.47 Å². The van der Waals surface area contributed by atoms with Gasteiger partial charge in [0.2, 0.25) is 5.16 Å². The lowest BCUT2D eigenvalue weighted by Crippen LogP contribution is -2.05. The smallest absolute Gasteiger partial charge is 0.210 e. The molecule has 2 aliphatic rings. The van der Waals surface area contributed by atoms with E-state index < -0.39 is 0 Å². The van der Waals surface area contributed by atoms with Gasteiger partial charge in [-0.1, -0.05) is 11.8 Å². The Bertz CT molecular complexity index is 729. The second-order valence-corrected chi connectivity index (χ2v) is 6.50. The van der Waals surface area contributed by atoms with Crippen molar-refractivity contribution in [2.45, 2.75) is 30.5 Å². The number of fused-ring (bicyclic) bond motifs is 1. The molecule has 7 nitrogen and oxygen atoms in total. The van der Waals surface area contributed by atoms with Crippen LogP contribution in [0.15, 0.2) is 23.4 Å². The van der Waals surface area contributed by atoms with Crippen LogP contribution in [-0.4, -0.2) is 45.0 Å². The predicted molar refractivity (Wildman–Crippen MR) is 83.2 cm³/mol. The van der Waals surface area contributed by atoms with Gasteiger partial charge in [0.15, 0.2) is 17.3 Å². The summed E-state index contributed by atoms with van der Waals surface area (Å²) in [5, 5.41) is 12.4. The average Bonchev–Trinajstić information content (AvgIpc) is 3.35. The number of carbonyl (C=O) groups is 1. The summed E-state index contributed by atoms with van der Waals surface area (Å²) in [7, 11) is 0. The molecular weight excluding hydrogens is 316 g/mol. The highest BCUT2D eigenvalue weighted by Gasteiger charge is 2.28. The van der Waals surface area contributed by atoms with E-state index in [4.69, 9.17) is 9.47 Å². The third-order valence-corrected chi connectivity index (χ3v) is 4.69. The lowest BCUT2D eigenvalue weighted by molar-refractivity contribution is 0.102. The van der Waals surface area contributed by atoms with Crippen LogP contribution in [0.3, 0.4) is 0 Å². The maximum absolute atomic E-state index is 12.4. The number of carbonyl (C=O) groups excluding carboxylic acids is 1. The molecule has 0 bridgehead atoms. The Balaban J connectivity index is 1.44. The van der Waals surface area contributed by atoms with Gasteiger partial charge in [0.1, 0.15) is 0 Å². The predicted octanol–water partition coefficient (Wildman–Crippen LogP) is 2.14. The van der Waals surface area contributed by atoms with Crippen molar-refractivity contribution in [1.29, 1.82) is 0 Å². The zero-order valence-corrected chi connectivity index (χ0v) is 13.3. The second kappa shape index (κ2) is 6.19. The summed E-state index contributed by atoms with van der Waals surface area (Å²) in [5.41, 5.74) is 0.618. The van der Waals surface area contributed by atoms with E-state index in [9.17, 15) is 4.79 Å². The maximum Gasteiger partial charge on any atom is 0.210 e. The van der Waals surface area contributed by atoms with Gasteiger partial charge in [-0.05, 0) is 41.5 Å². The lowest BCUT2D eigenvalue weighted by Gasteiger charge is -2.08. The Morgan fingerprint density at radius 3 is 2.91 bits per heavy atom. The Labute approximate surface area is 137 Å². The molecule has 1 aliphatic heterocycles. The molecule has 120 valence electrons. The molecule has 0 N–H and O–H groups in total. The summed E-state index contributed by atoms with van der Waals surface area (Å²) in [6.45, 7) is 1.25. The Hall–Kier alpha value is -2.09. The maximum atomic E-state index is 12.4. The van der Waals surface area contributed by atoms with E-state index in [0.29, 0.717) is 47.2 Å². The molecular formula is C15H16N4O3S. The minimum atomic E-state index is 0.0241. The summed E-state index contributed by atoms with van der Waals surface area (Å²) in [5.74, 6) is 1.66. The minimum Gasteiger partial charge on any atom is -0.490 e. The Morgan fingerprint density at radius 2 is 2.09 bits per heavy atom. The zero-order chi connectivity index (χ0) is 15.6. The van der Waals surface area contributed by atoms with Crippen molar-refractivity contribution in [1.82, 2.24) is 20.2 Å². The van der Waals surface area contributed by atoms with Gasteiger partial charge in [0.05, 0.1) is 25.0 Å². The number of thioether (sulfide) groups is 1. The van der Waals surface area contributed by atoms with Crippen molar-refractivity contribution in [2.75, 3.05) is 19.0 Å². The standard InChI is InChI=1S/C15H16N4O3S/c20-12(9-23-15-16-17-18-19(15)11-3-4-11)10-2-5-13-14(8-10)22-7-1-6-21-13/h2,5,8,11H,1,3-4,6-7,9H2. The van der Waals surface area contributed by atoms with Gasteiger partial charge >= 0.3 is 0 Å². The van der Waals surface area contributed by atoms with Gasteiger partial charge in [0.25, 0.3) is 0 Å². The highest BCUT2D eigenvalue weighted by molar-refractivity contribution is 7.99. The fraction of sp³-hybridized carbons (Fsp3) is 0.467. The summed E-state index contributed by atoms with van der Waals surface area (Å²) in [4.78, 5) is 12.4. The third kappa shape index (κ3) is 3.17. The molecule has 2 aromatic rings. The molecule has 0 saturated heterocycles. The lowest BCUT2D eigenvalue weighted by atomic mass is 10.1. The number of hydrogen-bond donors (Lipinski definition) is 0. The van der Waals surface area contributed by atoms with Gasteiger partial charge < -0.3 is 9.47 Å². The number of aromatic nitrogens is 4. The molecule has 1 aliphatic carbocycles. The van der Waals surface area contributed by atoms with Crippen molar-refractivity contribution in [3.63, 3.8) is 0 Å². The van der Waals surface area contributed by atoms with Crippen LogP contribution >= 0.6 is 11.8 Å². The number of rotatable bonds is 5. The molecule has 2 heterocycles. The molecule has 1 aromatic carbocycles. The third-order valence-electron chi connectivity index (χ3n) is 3.76. The first-order valence-corrected chi connectivity index (χ1v) is 8.63. The highest BCUT2D eigenvalue weighted by Crippen LogP contribution is 2.36. The number of ketones is 1. The minimum absolute atomic E-state index is 0.0241. The van der Waals surface area contributed by atoms with Gasteiger partial charge in [-0.25, -0.2) is 4.68 Å². The number of tetrazole rings is 1. The molecule has 23 heavy (non-hydrogen) atoms. The van der Waals surface area contributed by atoms with Gasteiger partial charge in [0, 0.05) is 12.0 Å². The monoisotopic (exact) mass is 332 g/mol. The van der Waals surface area contributed by atoms with Crippen molar-refractivity contribution in [3.05, 3.63) is 23.8 Å². The van der Waals surface area contributed by atoms with Crippen LogP contribution in [0.2, 0.25) is 0 Å². The molecule has 0 amide bonds. The van der Waals surface area contributed by atoms with Crippen LogP contribution in [0.5, 0.6) is 11.5 Å². The van der Waals surface area contributed by atoms with E-state index in [1.807, 2.05) is 4.68 Å². The highest BCUT2D eigenvalue weighted by atomic mass is 32.2. The second-order valence-electron chi connectivity index (χ2n) is 5.56. The zero-order valence-electron chi connectivity index (χ0n) is 12.5. The number of hydrogen-bond acceptors (Lipinski definition) is 7. The first-order valence-electron chi connectivity index (χ1n) is 7.65. The Morgan fingerprint density at radius 1 is 1.26 bits per heavy atom. The van der Waals surface area contributed by atoms with E-state index >= 15 is 0 Å². The van der Waals surface area contributed by atoms with Crippen LogP contribution in [0.1, 0.15) is 35.7 Å². The van der Waals surface area contributed by atoms with Crippen LogP contribution in [-0.2, 0) is 0 Å². The number of benzene rings is 1. The first kappa shape index (κ1) is 14.5.